The van der Waals surface area contributed by atoms with E-state index < -0.39 is 6.10 Å². The van der Waals surface area contributed by atoms with Crippen LogP contribution in [0.3, 0.4) is 0 Å². The molecule has 0 bridgehead atoms. The molecular weight excluding hydrogens is 262 g/mol. The van der Waals surface area contributed by atoms with Gasteiger partial charge in [0.1, 0.15) is 12.4 Å². The Hall–Kier alpha value is -1.87. The molecule has 0 fully saturated rings. The van der Waals surface area contributed by atoms with Crippen LogP contribution in [0.1, 0.15) is 49.8 Å². The minimum atomic E-state index is -0.404. The third kappa shape index (κ3) is 5.20. The van der Waals surface area contributed by atoms with Crippen molar-refractivity contribution in [3.8, 4) is 5.75 Å². The van der Waals surface area contributed by atoms with E-state index in [1.807, 2.05) is 36.4 Å². The van der Waals surface area contributed by atoms with E-state index >= 15 is 0 Å². The van der Waals surface area contributed by atoms with Crippen molar-refractivity contribution >= 4 is 0 Å². The third-order valence-electron chi connectivity index (χ3n) is 3.45. The highest BCUT2D eigenvalue weighted by atomic mass is 16.5. The monoisotopic (exact) mass is 285 g/mol. The van der Waals surface area contributed by atoms with Crippen LogP contribution in [0.2, 0.25) is 0 Å². The van der Waals surface area contributed by atoms with Crippen LogP contribution < -0.4 is 4.74 Å². The largest absolute Gasteiger partial charge is 0.489 e. The molecule has 0 unspecified atom stereocenters. The molecule has 0 amide bonds. The molecule has 21 heavy (non-hydrogen) atoms. The maximum Gasteiger partial charge on any atom is 0.120 e. The number of benzene rings is 1. The summed E-state index contributed by atoms with van der Waals surface area (Å²) in [5, 5.41) is 10.2. The maximum absolute atomic E-state index is 10.2. The number of nitrogens with zero attached hydrogens (tertiary/aromatic N) is 1. The lowest BCUT2D eigenvalue weighted by molar-refractivity contribution is 0.163. The molecule has 0 aliphatic rings. The summed E-state index contributed by atoms with van der Waals surface area (Å²) in [6.07, 6.45) is 7.33. The average Bonchev–Trinajstić information content (AvgIpc) is 2.54. The summed E-state index contributed by atoms with van der Waals surface area (Å²) in [4.78, 5) is 4.06. The number of unbranched alkanes of at least 4 members (excludes halogenated alkanes) is 2. The zero-order valence-corrected chi connectivity index (χ0v) is 12.5. The molecule has 1 atom stereocenters. The molecule has 112 valence electrons. The number of aromatic nitrogens is 1. The summed E-state index contributed by atoms with van der Waals surface area (Å²) < 4.78 is 5.76. The first kappa shape index (κ1) is 15.5. The van der Waals surface area contributed by atoms with E-state index in [4.69, 9.17) is 4.74 Å². The van der Waals surface area contributed by atoms with Crippen LogP contribution in [0.25, 0.3) is 0 Å². The van der Waals surface area contributed by atoms with Gasteiger partial charge in [-0.3, -0.25) is 4.98 Å². The number of hydrogen-bond acceptors (Lipinski definition) is 3. The van der Waals surface area contributed by atoms with Crippen molar-refractivity contribution in [3.05, 3.63) is 59.9 Å². The van der Waals surface area contributed by atoms with Crippen molar-refractivity contribution in [3.63, 3.8) is 0 Å². The average molecular weight is 285 g/mol. The lowest BCUT2D eigenvalue weighted by Gasteiger charge is -2.13. The van der Waals surface area contributed by atoms with Crippen molar-refractivity contribution in [2.45, 2.75) is 45.3 Å². The first-order valence-electron chi connectivity index (χ1n) is 7.59. The Morgan fingerprint density at radius 3 is 2.86 bits per heavy atom. The predicted octanol–water partition coefficient (Wildman–Crippen LogP) is 4.27. The van der Waals surface area contributed by atoms with Gasteiger partial charge in [-0.25, -0.2) is 0 Å². The van der Waals surface area contributed by atoms with Crippen molar-refractivity contribution in [2.24, 2.45) is 0 Å². The van der Waals surface area contributed by atoms with E-state index in [-0.39, 0.29) is 0 Å². The Morgan fingerprint density at radius 1 is 1.19 bits per heavy atom. The lowest BCUT2D eigenvalue weighted by atomic mass is 10.0. The predicted molar refractivity (Wildman–Crippen MR) is 84.1 cm³/mol. The summed E-state index contributed by atoms with van der Waals surface area (Å²) >= 11 is 0. The van der Waals surface area contributed by atoms with Crippen molar-refractivity contribution < 1.29 is 9.84 Å². The number of aliphatic hydroxyl groups is 1. The minimum Gasteiger partial charge on any atom is -0.489 e. The number of rotatable bonds is 8. The second-order valence-corrected chi connectivity index (χ2v) is 5.23. The number of ether oxygens (including phenoxy) is 1. The molecule has 1 heterocycles. The van der Waals surface area contributed by atoms with Crippen molar-refractivity contribution in [1.29, 1.82) is 0 Å². The van der Waals surface area contributed by atoms with Crippen LogP contribution in [0.5, 0.6) is 5.75 Å². The van der Waals surface area contributed by atoms with Gasteiger partial charge < -0.3 is 9.84 Å². The molecule has 2 aromatic rings. The molecule has 0 saturated carbocycles. The molecule has 0 aliphatic heterocycles. The zero-order valence-electron chi connectivity index (χ0n) is 12.5. The molecule has 1 aromatic carbocycles. The highest BCUT2D eigenvalue weighted by molar-refractivity contribution is 5.30. The van der Waals surface area contributed by atoms with Crippen LogP contribution >= 0.6 is 0 Å². The fourth-order valence-corrected chi connectivity index (χ4v) is 2.22. The van der Waals surface area contributed by atoms with E-state index in [0.717, 1.165) is 36.1 Å². The smallest absolute Gasteiger partial charge is 0.120 e. The molecule has 0 radical (unpaired) electrons. The van der Waals surface area contributed by atoms with E-state index in [0.29, 0.717) is 6.61 Å². The van der Waals surface area contributed by atoms with Crippen LogP contribution in [0.15, 0.2) is 48.8 Å². The highest BCUT2D eigenvalue weighted by Crippen LogP contribution is 2.24. The van der Waals surface area contributed by atoms with Crippen LogP contribution in [-0.4, -0.2) is 10.1 Å². The molecule has 3 heteroatoms. The Morgan fingerprint density at radius 2 is 2.10 bits per heavy atom. The molecule has 1 N–H and O–H groups in total. The summed E-state index contributed by atoms with van der Waals surface area (Å²) in [5.74, 6) is 0.783. The van der Waals surface area contributed by atoms with E-state index in [1.165, 1.54) is 6.42 Å². The molecule has 0 saturated heterocycles. The lowest BCUT2D eigenvalue weighted by Crippen LogP contribution is -2.00. The fraction of sp³-hybridized carbons (Fsp3) is 0.389. The molecule has 0 aliphatic carbocycles. The van der Waals surface area contributed by atoms with E-state index in [1.54, 1.807) is 12.4 Å². The highest BCUT2D eigenvalue weighted by Gasteiger charge is 2.08. The van der Waals surface area contributed by atoms with E-state index in [9.17, 15) is 5.11 Å². The second-order valence-electron chi connectivity index (χ2n) is 5.23. The summed E-state index contributed by atoms with van der Waals surface area (Å²) in [7, 11) is 0. The van der Waals surface area contributed by atoms with Gasteiger partial charge >= 0.3 is 0 Å². The van der Waals surface area contributed by atoms with Gasteiger partial charge in [0.15, 0.2) is 0 Å². The summed E-state index contributed by atoms with van der Waals surface area (Å²) in [5.41, 5.74) is 1.96. The maximum atomic E-state index is 10.2. The SMILES string of the molecule is CCCCC[C@H](O)c1cccc(OCc2cccnc2)c1. The van der Waals surface area contributed by atoms with Gasteiger partial charge in [0.25, 0.3) is 0 Å². The van der Waals surface area contributed by atoms with Crippen LogP contribution in [0, 0.1) is 0 Å². The normalized spacial score (nSPS) is 12.1. The molecule has 1 aromatic heterocycles. The van der Waals surface area contributed by atoms with Gasteiger partial charge in [-0.1, -0.05) is 44.4 Å². The van der Waals surface area contributed by atoms with Crippen LogP contribution in [-0.2, 0) is 6.61 Å². The summed E-state index contributed by atoms with van der Waals surface area (Å²) in [6, 6.07) is 11.6. The van der Waals surface area contributed by atoms with Gasteiger partial charge in [0, 0.05) is 18.0 Å². The van der Waals surface area contributed by atoms with E-state index in [2.05, 4.69) is 11.9 Å². The number of aliphatic hydroxyl groups excluding tert-OH is 1. The fourth-order valence-electron chi connectivity index (χ4n) is 2.22. The first-order chi connectivity index (χ1) is 10.3. The van der Waals surface area contributed by atoms with Crippen LogP contribution in [0.4, 0.5) is 0 Å². The van der Waals surface area contributed by atoms with Gasteiger partial charge in [-0.2, -0.15) is 0 Å². The topological polar surface area (TPSA) is 42.4 Å². The standard InChI is InChI=1S/C18H23NO2/c1-2-3-4-10-18(20)16-8-5-9-17(12-16)21-14-15-7-6-11-19-13-15/h5-9,11-13,18,20H,2-4,10,14H2,1H3/t18-/m0/s1. The first-order valence-corrected chi connectivity index (χ1v) is 7.59. The van der Waals surface area contributed by atoms with Gasteiger partial charge in [-0.15, -0.1) is 0 Å². The Labute approximate surface area is 126 Å². The van der Waals surface area contributed by atoms with Gasteiger partial charge in [0.05, 0.1) is 6.10 Å². The molecule has 2 rings (SSSR count). The molecule has 3 nitrogen and oxygen atoms in total. The van der Waals surface area contributed by atoms with Crippen molar-refractivity contribution in [1.82, 2.24) is 4.98 Å². The third-order valence-corrected chi connectivity index (χ3v) is 3.45. The number of hydrogen-bond donors (Lipinski definition) is 1. The quantitative estimate of drug-likeness (QED) is 0.736. The number of pyridine rings is 1. The van der Waals surface area contributed by atoms with Gasteiger partial charge in [0.2, 0.25) is 0 Å². The minimum absolute atomic E-state index is 0.404. The molecule has 0 spiro atoms. The Kier molecular flexibility index (Phi) is 6.22. The Balaban J connectivity index is 1.91. The Bertz CT molecular complexity index is 528. The zero-order chi connectivity index (χ0) is 14.9. The van der Waals surface area contributed by atoms with Crippen molar-refractivity contribution in [2.75, 3.05) is 0 Å². The second kappa shape index (κ2) is 8.42. The molecular formula is C18H23NO2. The van der Waals surface area contributed by atoms with Gasteiger partial charge in [-0.05, 0) is 30.2 Å². The summed E-state index contributed by atoms with van der Waals surface area (Å²) in [6.45, 7) is 2.66.